The predicted octanol–water partition coefficient (Wildman–Crippen LogP) is 0.780. The van der Waals surface area contributed by atoms with E-state index in [1.165, 1.54) is 0 Å². The largest absolute Gasteiger partial charge is 0.392 e. The van der Waals surface area contributed by atoms with Gasteiger partial charge in [-0.1, -0.05) is 12.8 Å². The van der Waals surface area contributed by atoms with Crippen LogP contribution >= 0.6 is 0 Å². The molecule has 0 bridgehead atoms. The molecule has 3 heteroatoms. The quantitative estimate of drug-likeness (QED) is 0.558. The van der Waals surface area contributed by atoms with E-state index in [9.17, 15) is 0 Å². The molecule has 0 aliphatic rings. The van der Waals surface area contributed by atoms with Gasteiger partial charge < -0.3 is 10.8 Å². The standard InChI is InChI=1S/C8H16N2O/c9-6-3-1-2-4-8(11)5-7-10/h8,11H,1-6,9H2. The second-order valence-electron chi connectivity index (χ2n) is 2.65. The summed E-state index contributed by atoms with van der Waals surface area (Å²) in [6.45, 7) is 0.717. The molecule has 64 valence electrons. The molecule has 0 saturated carbocycles. The van der Waals surface area contributed by atoms with Gasteiger partial charge in [0.2, 0.25) is 0 Å². The summed E-state index contributed by atoms with van der Waals surface area (Å²) in [5.74, 6) is 0. The van der Waals surface area contributed by atoms with Crippen LogP contribution in [0.4, 0.5) is 0 Å². The summed E-state index contributed by atoms with van der Waals surface area (Å²) in [4.78, 5) is 0. The van der Waals surface area contributed by atoms with Crippen molar-refractivity contribution in [3.63, 3.8) is 0 Å². The third-order valence-electron chi connectivity index (χ3n) is 1.57. The van der Waals surface area contributed by atoms with Gasteiger partial charge in [0.15, 0.2) is 0 Å². The van der Waals surface area contributed by atoms with Crippen molar-refractivity contribution in [1.29, 1.82) is 5.26 Å². The van der Waals surface area contributed by atoms with E-state index in [0.29, 0.717) is 6.54 Å². The van der Waals surface area contributed by atoms with Crippen molar-refractivity contribution in [2.24, 2.45) is 5.73 Å². The first kappa shape index (κ1) is 10.4. The van der Waals surface area contributed by atoms with E-state index in [2.05, 4.69) is 0 Å². The zero-order chi connectivity index (χ0) is 8.53. The molecule has 3 N–H and O–H groups in total. The number of nitriles is 1. The Hall–Kier alpha value is -0.590. The minimum Gasteiger partial charge on any atom is -0.392 e. The Labute approximate surface area is 67.8 Å². The first-order valence-electron chi connectivity index (χ1n) is 4.06. The van der Waals surface area contributed by atoms with E-state index < -0.39 is 6.10 Å². The van der Waals surface area contributed by atoms with Crippen molar-refractivity contribution >= 4 is 0 Å². The minimum atomic E-state index is -0.433. The van der Waals surface area contributed by atoms with E-state index in [4.69, 9.17) is 16.1 Å². The van der Waals surface area contributed by atoms with Gasteiger partial charge >= 0.3 is 0 Å². The lowest BCUT2D eigenvalue weighted by atomic mass is 10.1. The second-order valence-corrected chi connectivity index (χ2v) is 2.65. The Kier molecular flexibility index (Phi) is 7.11. The molecule has 0 aliphatic heterocycles. The Morgan fingerprint density at radius 1 is 1.36 bits per heavy atom. The highest BCUT2D eigenvalue weighted by molar-refractivity contribution is 4.74. The van der Waals surface area contributed by atoms with Gasteiger partial charge in [0.25, 0.3) is 0 Å². The van der Waals surface area contributed by atoms with Gasteiger partial charge in [-0.25, -0.2) is 0 Å². The lowest BCUT2D eigenvalue weighted by molar-refractivity contribution is 0.165. The van der Waals surface area contributed by atoms with Crippen LogP contribution in [0, 0.1) is 11.3 Å². The van der Waals surface area contributed by atoms with Crippen molar-refractivity contribution in [1.82, 2.24) is 0 Å². The Bertz CT molecular complexity index is 120. The van der Waals surface area contributed by atoms with Crippen molar-refractivity contribution in [2.75, 3.05) is 6.54 Å². The fourth-order valence-electron chi connectivity index (χ4n) is 0.909. The van der Waals surface area contributed by atoms with Crippen molar-refractivity contribution in [3.8, 4) is 6.07 Å². The number of hydrogen-bond acceptors (Lipinski definition) is 3. The molecular weight excluding hydrogens is 140 g/mol. The molecule has 0 rings (SSSR count). The average Bonchev–Trinajstić information content (AvgIpc) is 1.99. The zero-order valence-electron chi connectivity index (χ0n) is 6.79. The number of aliphatic hydroxyl groups excluding tert-OH is 1. The monoisotopic (exact) mass is 156 g/mol. The van der Waals surface area contributed by atoms with Crippen molar-refractivity contribution < 1.29 is 5.11 Å². The lowest BCUT2D eigenvalue weighted by Crippen LogP contribution is -2.05. The van der Waals surface area contributed by atoms with Crippen molar-refractivity contribution in [3.05, 3.63) is 0 Å². The maximum atomic E-state index is 9.09. The third-order valence-corrected chi connectivity index (χ3v) is 1.57. The summed E-state index contributed by atoms with van der Waals surface area (Å²) in [5, 5.41) is 17.3. The molecule has 0 heterocycles. The number of hydrogen-bond donors (Lipinski definition) is 2. The molecule has 3 nitrogen and oxygen atoms in total. The number of aliphatic hydroxyl groups is 1. The topological polar surface area (TPSA) is 70.0 Å². The fourth-order valence-corrected chi connectivity index (χ4v) is 0.909. The molecule has 0 spiro atoms. The molecule has 0 radical (unpaired) electrons. The molecule has 0 aromatic carbocycles. The Balaban J connectivity index is 3.05. The van der Waals surface area contributed by atoms with Crippen LogP contribution < -0.4 is 5.73 Å². The van der Waals surface area contributed by atoms with Crippen LogP contribution in [0.25, 0.3) is 0 Å². The molecule has 11 heavy (non-hydrogen) atoms. The van der Waals surface area contributed by atoms with Gasteiger partial charge in [-0.15, -0.1) is 0 Å². The first-order chi connectivity index (χ1) is 5.31. The van der Waals surface area contributed by atoms with Crippen molar-refractivity contribution in [2.45, 2.75) is 38.2 Å². The van der Waals surface area contributed by atoms with Crippen LogP contribution in [0.5, 0.6) is 0 Å². The SMILES string of the molecule is N#CCC(O)CCCCCN. The highest BCUT2D eigenvalue weighted by Gasteiger charge is 2.01. The van der Waals surface area contributed by atoms with Gasteiger partial charge in [-0.2, -0.15) is 5.26 Å². The average molecular weight is 156 g/mol. The predicted molar refractivity (Wildman–Crippen MR) is 43.8 cm³/mol. The van der Waals surface area contributed by atoms with Crippen LogP contribution in [-0.4, -0.2) is 17.8 Å². The highest BCUT2D eigenvalue weighted by Crippen LogP contribution is 2.04. The molecule has 1 unspecified atom stereocenters. The maximum absolute atomic E-state index is 9.09. The maximum Gasteiger partial charge on any atom is 0.0670 e. The summed E-state index contributed by atoms with van der Waals surface area (Å²) in [6, 6.07) is 1.93. The van der Waals surface area contributed by atoms with E-state index in [-0.39, 0.29) is 6.42 Å². The molecule has 0 amide bonds. The van der Waals surface area contributed by atoms with Crippen LogP contribution in [-0.2, 0) is 0 Å². The molecule has 0 saturated heterocycles. The molecular formula is C8H16N2O. The Morgan fingerprint density at radius 3 is 2.64 bits per heavy atom. The Morgan fingerprint density at radius 2 is 2.09 bits per heavy atom. The summed E-state index contributed by atoms with van der Waals surface area (Å²) in [7, 11) is 0. The summed E-state index contributed by atoms with van der Waals surface area (Å²) < 4.78 is 0. The second kappa shape index (κ2) is 7.52. The normalized spacial score (nSPS) is 12.5. The molecule has 1 atom stereocenters. The van der Waals surface area contributed by atoms with Gasteiger partial charge in [-0.05, 0) is 19.4 Å². The van der Waals surface area contributed by atoms with E-state index in [0.717, 1.165) is 25.7 Å². The molecule has 0 aliphatic carbocycles. The van der Waals surface area contributed by atoms with Crippen LogP contribution in [0.3, 0.4) is 0 Å². The third kappa shape index (κ3) is 7.31. The fraction of sp³-hybridized carbons (Fsp3) is 0.875. The summed E-state index contributed by atoms with van der Waals surface area (Å²) in [5.41, 5.74) is 5.29. The zero-order valence-corrected chi connectivity index (χ0v) is 6.79. The number of nitrogens with two attached hydrogens (primary N) is 1. The van der Waals surface area contributed by atoms with Crippen LogP contribution in [0.15, 0.2) is 0 Å². The van der Waals surface area contributed by atoms with Gasteiger partial charge in [-0.3, -0.25) is 0 Å². The highest BCUT2D eigenvalue weighted by atomic mass is 16.3. The lowest BCUT2D eigenvalue weighted by Gasteiger charge is -2.04. The summed E-state index contributed by atoms with van der Waals surface area (Å²) >= 11 is 0. The molecule has 0 fully saturated rings. The number of unbranched alkanes of at least 4 members (excludes halogenated alkanes) is 2. The van der Waals surface area contributed by atoms with E-state index in [1.807, 2.05) is 6.07 Å². The minimum absolute atomic E-state index is 0.253. The number of nitrogens with zero attached hydrogens (tertiary/aromatic N) is 1. The number of rotatable bonds is 6. The molecule has 0 aromatic rings. The summed E-state index contributed by atoms with van der Waals surface area (Å²) in [6.07, 6.45) is 3.59. The van der Waals surface area contributed by atoms with Crippen LogP contribution in [0.2, 0.25) is 0 Å². The first-order valence-corrected chi connectivity index (χ1v) is 4.06. The van der Waals surface area contributed by atoms with E-state index >= 15 is 0 Å². The van der Waals surface area contributed by atoms with Gasteiger partial charge in [0, 0.05) is 0 Å². The molecule has 0 aromatic heterocycles. The van der Waals surface area contributed by atoms with Gasteiger partial charge in [0.05, 0.1) is 18.6 Å². The van der Waals surface area contributed by atoms with Gasteiger partial charge in [0.1, 0.15) is 0 Å². The van der Waals surface area contributed by atoms with E-state index in [1.54, 1.807) is 0 Å². The smallest absolute Gasteiger partial charge is 0.0670 e. The van der Waals surface area contributed by atoms with Crippen LogP contribution in [0.1, 0.15) is 32.1 Å².